The molecule has 0 aliphatic rings. The van der Waals surface area contributed by atoms with E-state index in [4.69, 9.17) is 0 Å². The van der Waals surface area contributed by atoms with Crippen molar-refractivity contribution in [2.75, 3.05) is 0 Å². The van der Waals surface area contributed by atoms with Gasteiger partial charge in [-0.2, -0.15) is 4.99 Å². The number of thiazole rings is 1. The summed E-state index contributed by atoms with van der Waals surface area (Å²) < 4.78 is 2.02. The van der Waals surface area contributed by atoms with Gasteiger partial charge in [0.1, 0.15) is 0 Å². The first-order valence-corrected chi connectivity index (χ1v) is 11.2. The molecule has 1 heterocycles. The lowest BCUT2D eigenvalue weighted by Gasteiger charge is -2.18. The zero-order valence-corrected chi connectivity index (χ0v) is 19.1. The molecule has 0 N–H and O–H groups in total. The van der Waals surface area contributed by atoms with Crippen LogP contribution in [-0.4, -0.2) is 10.5 Å². The maximum atomic E-state index is 12.9. The third-order valence-corrected chi connectivity index (χ3v) is 6.49. The molecule has 156 valence electrons. The number of rotatable bonds is 3. The fourth-order valence-corrected chi connectivity index (χ4v) is 4.67. The maximum absolute atomic E-state index is 12.9. The van der Waals surface area contributed by atoms with E-state index in [1.807, 2.05) is 72.3 Å². The molecule has 31 heavy (non-hydrogen) atoms. The van der Waals surface area contributed by atoms with Gasteiger partial charge in [0.2, 0.25) is 0 Å². The molecule has 1 amide bonds. The van der Waals surface area contributed by atoms with Crippen LogP contribution in [0.25, 0.3) is 21.7 Å². The highest BCUT2D eigenvalue weighted by Gasteiger charge is 2.17. The highest BCUT2D eigenvalue weighted by atomic mass is 32.1. The molecule has 0 saturated carbocycles. The van der Waals surface area contributed by atoms with Gasteiger partial charge in [-0.05, 0) is 34.2 Å². The van der Waals surface area contributed by atoms with Crippen LogP contribution in [0.2, 0.25) is 0 Å². The van der Waals surface area contributed by atoms with E-state index in [-0.39, 0.29) is 11.3 Å². The van der Waals surface area contributed by atoms with Crippen molar-refractivity contribution in [3.8, 4) is 21.7 Å². The SMILES string of the molecule is Cn1c(-c2ccccc2)c(-c2ccccc2)sc1=NC(=O)c1ccc(C(C)(C)C)cc1. The third-order valence-electron chi connectivity index (χ3n) is 5.31. The molecule has 0 radical (unpaired) electrons. The lowest BCUT2D eigenvalue weighted by atomic mass is 9.87. The summed E-state index contributed by atoms with van der Waals surface area (Å²) in [6.45, 7) is 6.49. The molecular weight excluding hydrogens is 400 g/mol. The molecule has 4 rings (SSSR count). The predicted molar refractivity (Wildman–Crippen MR) is 129 cm³/mol. The minimum absolute atomic E-state index is 0.0497. The van der Waals surface area contributed by atoms with E-state index in [1.165, 1.54) is 16.9 Å². The Morgan fingerprint density at radius 2 is 1.35 bits per heavy atom. The average Bonchev–Trinajstić information content (AvgIpc) is 3.10. The second kappa shape index (κ2) is 8.48. The summed E-state index contributed by atoms with van der Waals surface area (Å²) in [6, 6.07) is 28.3. The molecule has 0 saturated heterocycles. The molecule has 3 nitrogen and oxygen atoms in total. The van der Waals surface area contributed by atoms with Crippen LogP contribution < -0.4 is 4.80 Å². The average molecular weight is 427 g/mol. The first-order chi connectivity index (χ1) is 14.8. The molecule has 0 fully saturated rings. The van der Waals surface area contributed by atoms with Crippen LogP contribution in [0.5, 0.6) is 0 Å². The lowest BCUT2D eigenvalue weighted by molar-refractivity contribution is 0.0998. The Morgan fingerprint density at radius 3 is 1.90 bits per heavy atom. The van der Waals surface area contributed by atoms with E-state index in [0.29, 0.717) is 10.4 Å². The summed E-state index contributed by atoms with van der Waals surface area (Å²) in [6.07, 6.45) is 0. The topological polar surface area (TPSA) is 34.4 Å². The molecule has 1 aromatic heterocycles. The third kappa shape index (κ3) is 4.44. The van der Waals surface area contributed by atoms with Crippen LogP contribution in [0.4, 0.5) is 0 Å². The van der Waals surface area contributed by atoms with E-state index in [2.05, 4.69) is 50.0 Å². The molecule has 4 heteroatoms. The van der Waals surface area contributed by atoms with Crippen molar-refractivity contribution in [3.63, 3.8) is 0 Å². The molecule has 0 spiro atoms. The van der Waals surface area contributed by atoms with Crippen LogP contribution in [0.1, 0.15) is 36.7 Å². The molecule has 0 unspecified atom stereocenters. The van der Waals surface area contributed by atoms with Crippen molar-refractivity contribution in [2.45, 2.75) is 26.2 Å². The molecule has 0 aliphatic heterocycles. The number of hydrogen-bond donors (Lipinski definition) is 0. The van der Waals surface area contributed by atoms with Crippen LogP contribution in [0.3, 0.4) is 0 Å². The maximum Gasteiger partial charge on any atom is 0.279 e. The highest BCUT2D eigenvalue weighted by molar-refractivity contribution is 7.13. The zero-order chi connectivity index (χ0) is 22.0. The Kier molecular flexibility index (Phi) is 5.75. The fraction of sp³-hybridized carbons (Fsp3) is 0.185. The van der Waals surface area contributed by atoms with Gasteiger partial charge in [-0.15, -0.1) is 0 Å². The number of benzene rings is 3. The van der Waals surface area contributed by atoms with Gasteiger partial charge < -0.3 is 4.57 Å². The summed E-state index contributed by atoms with van der Waals surface area (Å²) in [5.41, 5.74) is 5.13. The Morgan fingerprint density at radius 1 is 0.806 bits per heavy atom. The van der Waals surface area contributed by atoms with E-state index >= 15 is 0 Å². The second-order valence-corrected chi connectivity index (χ2v) is 9.58. The van der Waals surface area contributed by atoms with Crippen molar-refractivity contribution >= 4 is 17.2 Å². The smallest absolute Gasteiger partial charge is 0.279 e. The van der Waals surface area contributed by atoms with Gasteiger partial charge in [-0.1, -0.05) is 105 Å². The Balaban J connectivity index is 1.81. The van der Waals surface area contributed by atoms with Crippen molar-refractivity contribution in [1.29, 1.82) is 0 Å². The standard InChI is InChI=1S/C27H26N2OS/c1-27(2,3)22-17-15-21(16-18-22)25(30)28-26-29(4)23(19-11-7-5-8-12-19)24(31-26)20-13-9-6-10-14-20/h5-18H,1-4H3. The van der Waals surface area contributed by atoms with Gasteiger partial charge >= 0.3 is 0 Å². The summed E-state index contributed by atoms with van der Waals surface area (Å²) in [5.74, 6) is -0.225. The number of amides is 1. The minimum atomic E-state index is -0.225. The van der Waals surface area contributed by atoms with E-state index in [9.17, 15) is 4.79 Å². The largest absolute Gasteiger partial charge is 0.319 e. The van der Waals surface area contributed by atoms with E-state index in [0.717, 1.165) is 21.7 Å². The Hall–Kier alpha value is -3.24. The number of carbonyl (C=O) groups is 1. The van der Waals surface area contributed by atoms with Crippen molar-refractivity contribution in [1.82, 2.24) is 4.57 Å². The van der Waals surface area contributed by atoms with Gasteiger partial charge in [0, 0.05) is 12.6 Å². The van der Waals surface area contributed by atoms with Crippen LogP contribution >= 0.6 is 11.3 Å². The number of carbonyl (C=O) groups excluding carboxylic acids is 1. The summed E-state index contributed by atoms with van der Waals surface area (Å²) in [7, 11) is 1.97. The lowest BCUT2D eigenvalue weighted by Crippen LogP contribution is -2.15. The predicted octanol–water partition coefficient (Wildman–Crippen LogP) is 6.46. The number of aromatic nitrogens is 1. The van der Waals surface area contributed by atoms with Crippen molar-refractivity contribution in [2.24, 2.45) is 12.0 Å². The first kappa shape index (κ1) is 21.0. The van der Waals surface area contributed by atoms with Gasteiger partial charge in [-0.25, -0.2) is 0 Å². The van der Waals surface area contributed by atoms with Gasteiger partial charge in [0.25, 0.3) is 5.91 Å². The molecular formula is C27H26N2OS. The van der Waals surface area contributed by atoms with Crippen LogP contribution in [0.15, 0.2) is 89.9 Å². The van der Waals surface area contributed by atoms with Gasteiger partial charge in [0.05, 0.1) is 10.6 Å². The van der Waals surface area contributed by atoms with Crippen molar-refractivity contribution in [3.05, 3.63) is 101 Å². The second-order valence-electron chi connectivity index (χ2n) is 8.60. The number of nitrogens with zero attached hydrogens (tertiary/aromatic N) is 2. The Bertz CT molecular complexity index is 1260. The van der Waals surface area contributed by atoms with E-state index < -0.39 is 0 Å². The molecule has 0 atom stereocenters. The molecule has 3 aromatic carbocycles. The molecule has 4 aromatic rings. The first-order valence-electron chi connectivity index (χ1n) is 10.3. The van der Waals surface area contributed by atoms with Crippen molar-refractivity contribution < 1.29 is 4.79 Å². The van der Waals surface area contributed by atoms with Gasteiger partial charge in [0.15, 0.2) is 4.80 Å². The fourth-order valence-electron chi connectivity index (χ4n) is 3.52. The monoisotopic (exact) mass is 426 g/mol. The summed E-state index contributed by atoms with van der Waals surface area (Å²) >= 11 is 1.54. The quantitative estimate of drug-likeness (QED) is 0.370. The van der Waals surface area contributed by atoms with Gasteiger partial charge in [-0.3, -0.25) is 4.79 Å². The summed E-state index contributed by atoms with van der Waals surface area (Å²) in [4.78, 5) is 19.2. The molecule has 0 aliphatic carbocycles. The normalized spacial score (nSPS) is 12.2. The van der Waals surface area contributed by atoms with E-state index in [1.54, 1.807) is 0 Å². The Labute approximate surface area is 187 Å². The van der Waals surface area contributed by atoms with Crippen LogP contribution in [-0.2, 0) is 12.5 Å². The molecule has 0 bridgehead atoms. The summed E-state index contributed by atoms with van der Waals surface area (Å²) in [5, 5.41) is 0. The number of hydrogen-bond acceptors (Lipinski definition) is 2. The minimum Gasteiger partial charge on any atom is -0.319 e. The van der Waals surface area contributed by atoms with Crippen LogP contribution in [0, 0.1) is 0 Å². The highest BCUT2D eigenvalue weighted by Crippen LogP contribution is 2.34. The zero-order valence-electron chi connectivity index (χ0n) is 18.3.